The van der Waals surface area contributed by atoms with Crippen molar-refractivity contribution in [2.24, 2.45) is 5.41 Å². The van der Waals surface area contributed by atoms with E-state index < -0.39 is 6.10 Å². The Balaban J connectivity index is 0.00000484. The average molecular weight is 344 g/mol. The van der Waals surface area contributed by atoms with Crippen LogP contribution >= 0.6 is 12.4 Å². The zero-order valence-electron chi connectivity index (χ0n) is 15.7. The third-order valence-electron chi connectivity index (χ3n) is 3.71. The van der Waals surface area contributed by atoms with E-state index in [1.807, 2.05) is 18.2 Å². The molecule has 0 aliphatic carbocycles. The molecule has 0 aromatic heterocycles. The lowest BCUT2D eigenvalue weighted by Crippen LogP contribution is -2.46. The van der Waals surface area contributed by atoms with E-state index in [4.69, 9.17) is 4.74 Å². The fraction of sp³-hybridized carbons (Fsp3) is 0.684. The van der Waals surface area contributed by atoms with Gasteiger partial charge in [-0.25, -0.2) is 0 Å². The van der Waals surface area contributed by atoms with Crippen LogP contribution in [0, 0.1) is 19.3 Å². The first-order chi connectivity index (χ1) is 9.98. The number of nitrogens with one attached hydrogen (secondary N) is 1. The Hall–Kier alpha value is -0.770. The molecule has 1 aromatic carbocycles. The summed E-state index contributed by atoms with van der Waals surface area (Å²) in [7, 11) is 0. The lowest BCUT2D eigenvalue weighted by atomic mass is 9.82. The Labute approximate surface area is 148 Å². The van der Waals surface area contributed by atoms with Crippen molar-refractivity contribution in [1.29, 1.82) is 0 Å². The number of benzene rings is 1. The zero-order valence-corrected chi connectivity index (χ0v) is 16.5. The van der Waals surface area contributed by atoms with Gasteiger partial charge in [-0.2, -0.15) is 0 Å². The molecule has 0 saturated carbocycles. The fourth-order valence-corrected chi connectivity index (χ4v) is 2.84. The molecule has 0 amide bonds. The first-order valence-corrected chi connectivity index (χ1v) is 8.12. The number of aliphatic hydroxyl groups excluding tert-OH is 1. The molecular weight excluding hydrogens is 310 g/mol. The summed E-state index contributed by atoms with van der Waals surface area (Å²) in [5, 5.41) is 13.6. The summed E-state index contributed by atoms with van der Waals surface area (Å²) < 4.78 is 5.68. The van der Waals surface area contributed by atoms with Crippen molar-refractivity contribution in [2.75, 3.05) is 13.2 Å². The van der Waals surface area contributed by atoms with Crippen molar-refractivity contribution < 1.29 is 9.84 Å². The first-order valence-electron chi connectivity index (χ1n) is 8.12. The van der Waals surface area contributed by atoms with Gasteiger partial charge in [0.15, 0.2) is 0 Å². The number of halogens is 1. The number of hydrogen-bond acceptors (Lipinski definition) is 3. The molecule has 0 heterocycles. The van der Waals surface area contributed by atoms with E-state index in [1.54, 1.807) is 0 Å². The number of aryl methyl sites for hydroxylation is 2. The maximum atomic E-state index is 10.1. The molecule has 23 heavy (non-hydrogen) atoms. The minimum Gasteiger partial charge on any atom is -0.491 e. The quantitative estimate of drug-likeness (QED) is 0.776. The number of ether oxygens (including phenoxy) is 1. The Kier molecular flexibility index (Phi) is 8.61. The van der Waals surface area contributed by atoms with Gasteiger partial charge in [-0.1, -0.05) is 26.8 Å². The highest BCUT2D eigenvalue weighted by Gasteiger charge is 2.25. The molecule has 0 bridgehead atoms. The second-order valence-electron chi connectivity index (χ2n) is 8.21. The topological polar surface area (TPSA) is 41.5 Å². The minimum atomic E-state index is -0.513. The number of hydrogen-bond donors (Lipinski definition) is 2. The van der Waals surface area contributed by atoms with Crippen molar-refractivity contribution in [3.8, 4) is 5.75 Å². The van der Waals surface area contributed by atoms with E-state index in [9.17, 15) is 5.11 Å². The van der Waals surface area contributed by atoms with Crippen LogP contribution in [-0.2, 0) is 0 Å². The molecule has 0 aliphatic heterocycles. The van der Waals surface area contributed by atoms with Crippen LogP contribution in [0.1, 0.15) is 52.2 Å². The van der Waals surface area contributed by atoms with Crippen molar-refractivity contribution >= 4 is 12.4 Å². The van der Waals surface area contributed by atoms with Crippen LogP contribution in [0.25, 0.3) is 0 Å². The fourth-order valence-electron chi connectivity index (χ4n) is 2.84. The highest BCUT2D eigenvalue weighted by molar-refractivity contribution is 5.85. The van der Waals surface area contributed by atoms with Crippen molar-refractivity contribution in [3.63, 3.8) is 0 Å². The zero-order chi connectivity index (χ0) is 17.0. The Morgan fingerprint density at radius 3 is 2.22 bits per heavy atom. The summed E-state index contributed by atoms with van der Waals surface area (Å²) in [4.78, 5) is 0. The standard InChI is InChI=1S/C19H33NO2.ClH/c1-14-8-9-17(10-15(14)2)22-12-16(21)11-20-19(6,7)13-18(3,4)5;/h8-10,16,20-21H,11-13H2,1-7H3;1H. The number of rotatable bonds is 7. The van der Waals surface area contributed by atoms with Gasteiger partial charge in [0, 0.05) is 12.1 Å². The van der Waals surface area contributed by atoms with Gasteiger partial charge in [0.1, 0.15) is 18.5 Å². The second kappa shape index (κ2) is 8.91. The van der Waals surface area contributed by atoms with Crippen LogP contribution in [0.4, 0.5) is 0 Å². The van der Waals surface area contributed by atoms with Gasteiger partial charge in [0.05, 0.1) is 0 Å². The Morgan fingerprint density at radius 1 is 1.09 bits per heavy atom. The maximum Gasteiger partial charge on any atom is 0.119 e. The van der Waals surface area contributed by atoms with Gasteiger partial charge in [-0.15, -0.1) is 12.4 Å². The Morgan fingerprint density at radius 2 is 1.70 bits per heavy atom. The molecule has 134 valence electrons. The summed E-state index contributed by atoms with van der Waals surface area (Å²) >= 11 is 0. The van der Waals surface area contributed by atoms with Gasteiger partial charge in [0.25, 0.3) is 0 Å². The highest BCUT2D eigenvalue weighted by Crippen LogP contribution is 2.26. The molecule has 0 radical (unpaired) electrons. The Bertz CT molecular complexity index is 481. The molecule has 3 nitrogen and oxygen atoms in total. The molecule has 1 unspecified atom stereocenters. The van der Waals surface area contributed by atoms with Crippen LogP contribution in [-0.4, -0.2) is 29.9 Å². The molecule has 1 rings (SSSR count). The molecule has 1 aromatic rings. The van der Waals surface area contributed by atoms with E-state index in [1.165, 1.54) is 11.1 Å². The van der Waals surface area contributed by atoms with E-state index in [2.05, 4.69) is 53.8 Å². The normalized spacial score (nSPS) is 13.4. The van der Waals surface area contributed by atoms with Gasteiger partial charge in [-0.3, -0.25) is 0 Å². The highest BCUT2D eigenvalue weighted by atomic mass is 35.5. The minimum absolute atomic E-state index is 0. The first kappa shape index (κ1) is 22.2. The largest absolute Gasteiger partial charge is 0.491 e. The van der Waals surface area contributed by atoms with Crippen LogP contribution in [0.3, 0.4) is 0 Å². The monoisotopic (exact) mass is 343 g/mol. The van der Waals surface area contributed by atoms with Gasteiger partial charge < -0.3 is 15.2 Å². The maximum absolute atomic E-state index is 10.1. The molecular formula is C19H34ClNO2. The summed E-state index contributed by atoms with van der Waals surface area (Å²) in [5.41, 5.74) is 2.71. The van der Waals surface area contributed by atoms with Gasteiger partial charge in [0.2, 0.25) is 0 Å². The summed E-state index contributed by atoms with van der Waals surface area (Å²) in [6, 6.07) is 6.01. The van der Waals surface area contributed by atoms with Crippen LogP contribution in [0.5, 0.6) is 5.75 Å². The molecule has 0 spiro atoms. The SMILES string of the molecule is Cc1ccc(OCC(O)CNC(C)(C)CC(C)(C)C)cc1C.Cl. The average Bonchev–Trinajstić information content (AvgIpc) is 2.35. The lowest BCUT2D eigenvalue weighted by Gasteiger charge is -2.34. The van der Waals surface area contributed by atoms with Gasteiger partial charge >= 0.3 is 0 Å². The third-order valence-corrected chi connectivity index (χ3v) is 3.71. The van der Waals surface area contributed by atoms with Crippen molar-refractivity contribution in [2.45, 2.75) is 66.5 Å². The van der Waals surface area contributed by atoms with E-state index in [-0.39, 0.29) is 23.4 Å². The number of aliphatic hydroxyl groups is 1. The summed E-state index contributed by atoms with van der Waals surface area (Å²) in [6.45, 7) is 16.0. The lowest BCUT2D eigenvalue weighted by molar-refractivity contribution is 0.0944. The predicted molar refractivity (Wildman–Crippen MR) is 101 cm³/mol. The molecule has 2 N–H and O–H groups in total. The van der Waals surface area contributed by atoms with Crippen molar-refractivity contribution in [3.05, 3.63) is 29.3 Å². The van der Waals surface area contributed by atoms with Gasteiger partial charge in [-0.05, 0) is 62.8 Å². The molecule has 4 heteroatoms. The third kappa shape index (κ3) is 9.19. The van der Waals surface area contributed by atoms with E-state index >= 15 is 0 Å². The second-order valence-corrected chi connectivity index (χ2v) is 8.21. The molecule has 0 aliphatic rings. The molecule has 0 fully saturated rings. The van der Waals surface area contributed by atoms with E-state index in [0.29, 0.717) is 13.2 Å². The molecule has 1 atom stereocenters. The van der Waals surface area contributed by atoms with E-state index in [0.717, 1.165) is 12.2 Å². The number of β-amino-alcohol motifs (C(OH)–C–C–N with tert-alkyl or cyclic N) is 1. The summed E-state index contributed by atoms with van der Waals surface area (Å²) in [6.07, 6.45) is 0.533. The van der Waals surface area contributed by atoms with Crippen molar-refractivity contribution in [1.82, 2.24) is 5.32 Å². The summed E-state index contributed by atoms with van der Waals surface area (Å²) in [5.74, 6) is 0.816. The van der Waals surface area contributed by atoms with Crippen LogP contribution in [0.15, 0.2) is 18.2 Å². The molecule has 0 saturated heterocycles. The van der Waals surface area contributed by atoms with Crippen LogP contribution < -0.4 is 10.1 Å². The smallest absolute Gasteiger partial charge is 0.119 e. The predicted octanol–water partition coefficient (Wildman–Crippen LogP) is 4.27. The van der Waals surface area contributed by atoms with Crippen LogP contribution in [0.2, 0.25) is 0 Å².